The van der Waals surface area contributed by atoms with Gasteiger partial charge in [-0.05, 0) is 39.8 Å². The number of thioether (sulfide) groups is 1. The lowest BCUT2D eigenvalue weighted by Crippen LogP contribution is -2.27. The third-order valence-corrected chi connectivity index (χ3v) is 6.40. The molecule has 2 aliphatic rings. The van der Waals surface area contributed by atoms with Gasteiger partial charge in [0.1, 0.15) is 22.3 Å². The van der Waals surface area contributed by atoms with Gasteiger partial charge in [0.2, 0.25) is 0 Å². The number of rotatable bonds is 1. The number of thiophene rings is 1. The molecule has 3 rings (SSSR count). The molecule has 0 aliphatic carbocycles. The van der Waals surface area contributed by atoms with E-state index in [1.165, 1.54) is 11.1 Å². The first kappa shape index (κ1) is 13.8. The van der Waals surface area contributed by atoms with E-state index in [4.69, 9.17) is 4.74 Å². The van der Waals surface area contributed by atoms with Crippen LogP contribution >= 0.6 is 23.1 Å². The van der Waals surface area contributed by atoms with Gasteiger partial charge in [-0.25, -0.2) is 0 Å². The Morgan fingerprint density at radius 3 is 2.75 bits per heavy atom. The summed E-state index contributed by atoms with van der Waals surface area (Å²) >= 11 is 3.44. The topological polar surface area (TPSA) is 33.0 Å². The molecule has 0 N–H and O–H groups in total. The van der Waals surface area contributed by atoms with Crippen molar-refractivity contribution < 1.29 is 4.74 Å². The van der Waals surface area contributed by atoms with Crippen molar-refractivity contribution in [1.29, 1.82) is 5.26 Å². The van der Waals surface area contributed by atoms with Crippen LogP contribution in [0, 0.1) is 11.3 Å². The second-order valence-electron chi connectivity index (χ2n) is 5.84. The van der Waals surface area contributed by atoms with E-state index in [0.717, 1.165) is 26.8 Å². The predicted molar refractivity (Wildman–Crippen MR) is 86.3 cm³/mol. The molecule has 0 aromatic carbocycles. The van der Waals surface area contributed by atoms with Gasteiger partial charge in [0.25, 0.3) is 0 Å². The fraction of sp³-hybridized carbons (Fsp3) is 0.438. The van der Waals surface area contributed by atoms with Crippen molar-refractivity contribution in [1.82, 2.24) is 0 Å². The molecular formula is C16H17NOS2. The van der Waals surface area contributed by atoms with E-state index >= 15 is 0 Å². The first-order valence-corrected chi connectivity index (χ1v) is 8.52. The van der Waals surface area contributed by atoms with Gasteiger partial charge < -0.3 is 4.74 Å². The highest BCUT2D eigenvalue weighted by Gasteiger charge is 2.34. The average molecular weight is 303 g/mol. The second-order valence-corrected chi connectivity index (χ2v) is 7.99. The molecule has 0 saturated carbocycles. The molecule has 104 valence electrons. The number of nitrogens with zero attached hydrogens (tertiary/aromatic N) is 1. The molecule has 0 radical (unpaired) electrons. The van der Waals surface area contributed by atoms with Crippen molar-refractivity contribution >= 4 is 29.2 Å². The van der Waals surface area contributed by atoms with E-state index in [-0.39, 0.29) is 10.9 Å². The van der Waals surface area contributed by atoms with Crippen LogP contribution < -0.4 is 4.74 Å². The Bertz CT molecular complexity index is 673. The van der Waals surface area contributed by atoms with Gasteiger partial charge in [0.15, 0.2) is 0 Å². The number of fused-ring (bicyclic) bond motifs is 1. The van der Waals surface area contributed by atoms with Crippen LogP contribution in [0.15, 0.2) is 17.2 Å². The molecule has 1 unspecified atom stereocenters. The first-order valence-electron chi connectivity index (χ1n) is 6.66. The Morgan fingerprint density at radius 1 is 1.40 bits per heavy atom. The number of hydrogen-bond acceptors (Lipinski definition) is 4. The van der Waals surface area contributed by atoms with E-state index in [0.29, 0.717) is 0 Å². The van der Waals surface area contributed by atoms with Crippen molar-refractivity contribution in [2.45, 2.75) is 38.5 Å². The van der Waals surface area contributed by atoms with Gasteiger partial charge in [-0.2, -0.15) is 5.26 Å². The van der Waals surface area contributed by atoms with Crippen LogP contribution in [0.3, 0.4) is 0 Å². The molecule has 0 fully saturated rings. The maximum absolute atomic E-state index is 9.47. The van der Waals surface area contributed by atoms with Gasteiger partial charge in [-0.15, -0.1) is 23.1 Å². The highest BCUT2D eigenvalue weighted by Crippen LogP contribution is 2.53. The highest BCUT2D eigenvalue weighted by atomic mass is 32.2. The summed E-state index contributed by atoms with van der Waals surface area (Å²) in [4.78, 5) is 1.87. The smallest absolute Gasteiger partial charge is 0.144 e. The second kappa shape index (κ2) is 4.68. The molecule has 2 aliphatic heterocycles. The van der Waals surface area contributed by atoms with E-state index in [1.807, 2.05) is 11.8 Å². The lowest BCUT2D eigenvalue weighted by Gasteiger charge is -2.28. The summed E-state index contributed by atoms with van der Waals surface area (Å²) in [5.41, 5.74) is 3.59. The van der Waals surface area contributed by atoms with Crippen LogP contribution in [0.4, 0.5) is 0 Å². The van der Waals surface area contributed by atoms with Crippen LogP contribution in [-0.2, 0) is 0 Å². The Hall–Kier alpha value is -1.18. The van der Waals surface area contributed by atoms with E-state index in [2.05, 4.69) is 45.9 Å². The molecule has 0 saturated heterocycles. The van der Waals surface area contributed by atoms with Gasteiger partial charge in [0.05, 0.1) is 10.1 Å². The van der Waals surface area contributed by atoms with Crippen molar-refractivity contribution in [3.05, 3.63) is 32.5 Å². The minimum absolute atomic E-state index is 0.270. The molecule has 3 heterocycles. The van der Waals surface area contributed by atoms with Crippen LogP contribution in [0.1, 0.15) is 48.3 Å². The average Bonchev–Trinajstić information content (AvgIpc) is 2.90. The zero-order chi connectivity index (χ0) is 14.5. The summed E-state index contributed by atoms with van der Waals surface area (Å²) in [6.07, 6.45) is 4.16. The fourth-order valence-electron chi connectivity index (χ4n) is 2.53. The summed E-state index contributed by atoms with van der Waals surface area (Å²) in [5, 5.41) is 9.74. The SMILES string of the molecule is CC1=C(C)C(c2c(C#N)sc3c2OC(C)(C)C=C3)SC1. The lowest BCUT2D eigenvalue weighted by molar-refractivity contribution is 0.158. The molecule has 1 aromatic rings. The lowest BCUT2D eigenvalue weighted by atomic mass is 9.99. The molecule has 0 bridgehead atoms. The summed E-state index contributed by atoms with van der Waals surface area (Å²) in [7, 11) is 0. The molecule has 1 atom stereocenters. The quantitative estimate of drug-likeness (QED) is 0.690. The van der Waals surface area contributed by atoms with Gasteiger partial charge in [-0.3, -0.25) is 0 Å². The first-order chi connectivity index (χ1) is 9.43. The van der Waals surface area contributed by atoms with Crippen LogP contribution in [0.2, 0.25) is 0 Å². The minimum atomic E-state index is -0.300. The number of hydrogen-bond donors (Lipinski definition) is 0. The predicted octanol–water partition coefficient (Wildman–Crippen LogP) is 4.93. The maximum atomic E-state index is 9.47. The van der Waals surface area contributed by atoms with E-state index in [9.17, 15) is 5.26 Å². The Labute approximate surface area is 128 Å². The number of ether oxygens (including phenoxy) is 1. The Morgan fingerprint density at radius 2 is 2.15 bits per heavy atom. The van der Waals surface area contributed by atoms with Crippen LogP contribution in [0.5, 0.6) is 5.75 Å². The van der Waals surface area contributed by atoms with Crippen molar-refractivity contribution in [2.75, 3.05) is 5.75 Å². The van der Waals surface area contributed by atoms with Crippen molar-refractivity contribution in [3.63, 3.8) is 0 Å². The highest BCUT2D eigenvalue weighted by molar-refractivity contribution is 8.00. The Balaban J connectivity index is 2.15. The summed E-state index contributed by atoms with van der Waals surface area (Å²) in [5.74, 6) is 1.97. The summed E-state index contributed by atoms with van der Waals surface area (Å²) < 4.78 is 6.17. The van der Waals surface area contributed by atoms with E-state index < -0.39 is 0 Å². The largest absolute Gasteiger partial charge is 0.482 e. The van der Waals surface area contributed by atoms with Crippen LogP contribution in [0.25, 0.3) is 6.08 Å². The molecule has 1 aromatic heterocycles. The van der Waals surface area contributed by atoms with Crippen molar-refractivity contribution in [3.8, 4) is 11.8 Å². The fourth-order valence-corrected chi connectivity index (χ4v) is 5.06. The molecule has 4 heteroatoms. The molecule has 2 nitrogen and oxygen atoms in total. The molecule has 0 amide bonds. The van der Waals surface area contributed by atoms with Gasteiger partial charge >= 0.3 is 0 Å². The minimum Gasteiger partial charge on any atom is -0.482 e. The standard InChI is InChI=1S/C16H17NOS2/c1-9-8-19-15(10(9)2)13-12(7-17)20-11-5-6-16(3,4)18-14(11)13/h5-6,15H,8H2,1-4H3. The Kier molecular flexibility index (Phi) is 3.23. The van der Waals surface area contributed by atoms with Gasteiger partial charge in [-0.1, -0.05) is 11.1 Å². The monoisotopic (exact) mass is 303 g/mol. The third kappa shape index (κ3) is 2.10. The summed E-state index contributed by atoms with van der Waals surface area (Å²) in [6.45, 7) is 8.46. The zero-order valence-corrected chi connectivity index (χ0v) is 13.7. The molecule has 20 heavy (non-hydrogen) atoms. The third-order valence-electron chi connectivity index (χ3n) is 3.82. The van der Waals surface area contributed by atoms with Crippen molar-refractivity contribution in [2.24, 2.45) is 0 Å². The summed E-state index contributed by atoms with van der Waals surface area (Å²) in [6, 6.07) is 2.36. The van der Waals surface area contributed by atoms with E-state index in [1.54, 1.807) is 11.3 Å². The molecular weight excluding hydrogens is 286 g/mol. The van der Waals surface area contributed by atoms with Gasteiger partial charge in [0, 0.05) is 11.3 Å². The number of nitriles is 1. The normalized spacial score (nSPS) is 23.4. The maximum Gasteiger partial charge on any atom is 0.144 e. The zero-order valence-electron chi connectivity index (χ0n) is 12.1. The van der Waals surface area contributed by atoms with Crippen LogP contribution in [-0.4, -0.2) is 11.4 Å². The molecule has 0 spiro atoms.